The number of hydrogen-bond donors (Lipinski definition) is 3. The van der Waals surface area contributed by atoms with Crippen LogP contribution < -0.4 is 0 Å². The summed E-state index contributed by atoms with van der Waals surface area (Å²) >= 11 is 0. The number of phenolic OH excluding ortho intramolecular Hbond substituents is 2. The predicted molar refractivity (Wildman–Crippen MR) is 259 cm³/mol. The van der Waals surface area contributed by atoms with Gasteiger partial charge in [-0.15, -0.1) is 0 Å². The summed E-state index contributed by atoms with van der Waals surface area (Å²) in [6.07, 6.45) is 2.96. The minimum Gasteiger partial charge on any atom is -0.507 e. The van der Waals surface area contributed by atoms with Crippen molar-refractivity contribution in [2.75, 3.05) is 6.54 Å². The van der Waals surface area contributed by atoms with Gasteiger partial charge in [-0.1, -0.05) is 182 Å². The number of hydrogen-bond acceptors (Lipinski definition) is 5. The predicted octanol–water partition coefficient (Wildman–Crippen LogP) is 13.4. The number of benzene rings is 10. The molecule has 0 amide bonds. The van der Waals surface area contributed by atoms with Gasteiger partial charge < -0.3 is 15.3 Å². The molecular weight excluding hydrogens is 777 g/mol. The largest absolute Gasteiger partial charge is 0.507 e. The van der Waals surface area contributed by atoms with Gasteiger partial charge in [0, 0.05) is 45.8 Å². The molecule has 1 atom stereocenters. The number of aliphatic imine (C=N–C) groups is 2. The molecule has 0 radical (unpaired) electrons. The number of nitrogens with zero attached hydrogens (tertiary/aromatic N) is 2. The molecule has 10 aromatic carbocycles. The van der Waals surface area contributed by atoms with Crippen molar-refractivity contribution in [3.63, 3.8) is 0 Å². The fraction of sp³-hybridized carbons (Fsp3) is 0.0351. The van der Waals surface area contributed by atoms with E-state index in [4.69, 9.17) is 0 Å². The Kier molecular flexibility index (Phi) is 10.2. The molecule has 0 spiro atoms. The minimum atomic E-state index is -1.28. The number of carbonyl (C=O) groups is 1. The average molecular weight is 817 g/mol. The fourth-order valence-corrected chi connectivity index (χ4v) is 8.83. The second-order valence-electron chi connectivity index (χ2n) is 15.6. The Labute approximate surface area is 364 Å². The van der Waals surface area contributed by atoms with Crippen LogP contribution in [0.1, 0.15) is 11.1 Å². The van der Waals surface area contributed by atoms with Crippen LogP contribution in [0.4, 0.5) is 0 Å². The van der Waals surface area contributed by atoms with E-state index >= 15 is 0 Å². The first kappa shape index (κ1) is 38.8. The van der Waals surface area contributed by atoms with E-state index in [0.717, 1.165) is 76.5 Å². The van der Waals surface area contributed by atoms with Crippen molar-refractivity contribution in [2.45, 2.75) is 6.04 Å². The van der Waals surface area contributed by atoms with Gasteiger partial charge in [0.1, 0.15) is 11.5 Å². The number of aromatic hydroxyl groups is 2. The lowest BCUT2D eigenvalue weighted by molar-refractivity contribution is -0.138. The molecular formula is C57H40N2O4. The van der Waals surface area contributed by atoms with E-state index in [9.17, 15) is 20.1 Å². The van der Waals surface area contributed by atoms with Crippen molar-refractivity contribution in [3.05, 3.63) is 205 Å². The highest BCUT2D eigenvalue weighted by Gasteiger charge is 2.23. The van der Waals surface area contributed by atoms with Gasteiger partial charge in [0.2, 0.25) is 0 Å². The molecule has 0 aromatic heterocycles. The molecule has 63 heavy (non-hydrogen) atoms. The second-order valence-corrected chi connectivity index (χ2v) is 15.6. The van der Waals surface area contributed by atoms with E-state index in [1.807, 2.05) is 121 Å². The van der Waals surface area contributed by atoms with E-state index in [1.54, 1.807) is 0 Å². The molecule has 0 aliphatic heterocycles. The summed E-state index contributed by atoms with van der Waals surface area (Å²) in [7, 11) is 0. The van der Waals surface area contributed by atoms with Gasteiger partial charge in [0.25, 0.3) is 0 Å². The smallest absolute Gasteiger partial charge is 0.330 e. The Bertz CT molecular complexity index is 3430. The van der Waals surface area contributed by atoms with E-state index in [-0.39, 0.29) is 18.0 Å². The molecule has 0 aliphatic rings. The van der Waals surface area contributed by atoms with Crippen LogP contribution in [0.5, 0.6) is 11.5 Å². The van der Waals surface area contributed by atoms with Gasteiger partial charge in [-0.05, 0) is 77.5 Å². The van der Waals surface area contributed by atoms with Crippen molar-refractivity contribution < 1.29 is 20.1 Å². The summed E-state index contributed by atoms with van der Waals surface area (Å²) in [4.78, 5) is 21.9. The molecule has 6 heteroatoms. The third kappa shape index (κ3) is 7.23. The summed E-state index contributed by atoms with van der Waals surface area (Å²) in [5.74, 6) is -1.13. The molecule has 0 bridgehead atoms. The molecule has 0 aliphatic carbocycles. The van der Waals surface area contributed by atoms with Crippen LogP contribution >= 0.6 is 0 Å². The molecule has 0 heterocycles. The summed E-state index contributed by atoms with van der Waals surface area (Å²) in [5.41, 5.74) is 7.85. The van der Waals surface area contributed by atoms with E-state index in [1.165, 1.54) is 12.4 Å². The molecule has 6 nitrogen and oxygen atoms in total. The van der Waals surface area contributed by atoms with Gasteiger partial charge >= 0.3 is 5.97 Å². The molecule has 0 fully saturated rings. The first-order valence-electron chi connectivity index (χ1n) is 20.8. The SMILES string of the molecule is O=C(O)[C@H](CN=Cc1cc2ccccc2c(-c2c(-c3ccccc3)ccc3ccccc23)c1O)N=Cc1cc2ccccc2c(-c2c(-c3ccccc3)ccc3ccccc23)c1O. The Morgan fingerprint density at radius 1 is 0.444 bits per heavy atom. The van der Waals surface area contributed by atoms with Crippen molar-refractivity contribution in [2.24, 2.45) is 9.98 Å². The zero-order valence-corrected chi connectivity index (χ0v) is 34.1. The number of aliphatic carboxylic acids is 1. The van der Waals surface area contributed by atoms with Gasteiger partial charge in [-0.2, -0.15) is 0 Å². The third-order valence-electron chi connectivity index (χ3n) is 11.8. The topological polar surface area (TPSA) is 102 Å². The number of fused-ring (bicyclic) bond motifs is 4. The van der Waals surface area contributed by atoms with Crippen molar-refractivity contribution in [3.8, 4) is 56.0 Å². The Balaban J connectivity index is 1.05. The lowest BCUT2D eigenvalue weighted by Crippen LogP contribution is -2.21. The molecule has 10 rings (SSSR count). The maximum absolute atomic E-state index is 12.8. The van der Waals surface area contributed by atoms with Crippen LogP contribution in [0.25, 0.3) is 87.6 Å². The maximum Gasteiger partial charge on any atom is 0.330 e. The highest BCUT2D eigenvalue weighted by molar-refractivity contribution is 6.16. The van der Waals surface area contributed by atoms with Crippen LogP contribution in [-0.2, 0) is 4.79 Å². The van der Waals surface area contributed by atoms with Gasteiger partial charge in [-0.25, -0.2) is 4.79 Å². The molecule has 0 saturated heterocycles. The maximum atomic E-state index is 12.8. The van der Waals surface area contributed by atoms with Crippen molar-refractivity contribution >= 4 is 61.5 Å². The zero-order chi connectivity index (χ0) is 42.9. The zero-order valence-electron chi connectivity index (χ0n) is 34.1. The molecule has 0 unspecified atom stereocenters. The Morgan fingerprint density at radius 3 is 1.27 bits per heavy atom. The quantitative estimate of drug-likeness (QED) is 0.120. The average Bonchev–Trinajstić information content (AvgIpc) is 3.33. The molecule has 10 aromatic rings. The summed E-state index contributed by atoms with van der Waals surface area (Å²) in [6.45, 7) is -0.209. The lowest BCUT2D eigenvalue weighted by atomic mass is 9.86. The highest BCUT2D eigenvalue weighted by atomic mass is 16.4. The minimum absolute atomic E-state index is 0.00412. The monoisotopic (exact) mass is 816 g/mol. The Morgan fingerprint density at radius 2 is 0.825 bits per heavy atom. The summed E-state index contributed by atoms with van der Waals surface area (Å²) in [6, 6.07) is 63.0. The van der Waals surface area contributed by atoms with Crippen LogP contribution in [0.3, 0.4) is 0 Å². The number of carboxylic acids is 1. The van der Waals surface area contributed by atoms with E-state index < -0.39 is 12.0 Å². The normalized spacial score (nSPS) is 12.3. The van der Waals surface area contributed by atoms with Gasteiger partial charge in [0.15, 0.2) is 6.04 Å². The molecule has 302 valence electrons. The van der Waals surface area contributed by atoms with Crippen LogP contribution in [0, 0.1) is 0 Å². The van der Waals surface area contributed by atoms with Gasteiger partial charge in [-0.3, -0.25) is 9.98 Å². The van der Waals surface area contributed by atoms with Crippen molar-refractivity contribution in [1.82, 2.24) is 0 Å². The van der Waals surface area contributed by atoms with Crippen LogP contribution in [0.2, 0.25) is 0 Å². The standard InChI is InChI=1S/C57H40N2O4/c60-55-42(31-40-21-9-13-25-46(40)53(55)51-44-23-11-7-19-38(44)27-29-48(51)36-15-3-1-4-16-36)33-58-35-50(57(62)63)59-34-43-32-41-22-10-14-26-47(41)54(56(43)61)52-45-24-12-8-20-39(45)28-30-49(52)37-17-5-2-6-18-37/h1-34,50,60-61H,35H2,(H,62,63)/t50-/m0/s1. The number of phenols is 2. The van der Waals surface area contributed by atoms with Crippen LogP contribution in [0.15, 0.2) is 204 Å². The highest BCUT2D eigenvalue weighted by Crippen LogP contribution is 2.48. The van der Waals surface area contributed by atoms with Crippen LogP contribution in [-0.4, -0.2) is 46.3 Å². The number of rotatable bonds is 10. The Hall–Kier alpha value is -8.35. The van der Waals surface area contributed by atoms with E-state index in [0.29, 0.717) is 22.3 Å². The van der Waals surface area contributed by atoms with Crippen molar-refractivity contribution in [1.29, 1.82) is 0 Å². The number of carboxylic acid groups (broad SMARTS) is 1. The lowest BCUT2D eigenvalue weighted by Gasteiger charge is -2.19. The molecule has 3 N–H and O–H groups in total. The first-order chi connectivity index (χ1) is 30.9. The third-order valence-corrected chi connectivity index (χ3v) is 11.8. The second kappa shape index (κ2) is 16.6. The van der Waals surface area contributed by atoms with Gasteiger partial charge in [0.05, 0.1) is 6.54 Å². The summed E-state index contributed by atoms with van der Waals surface area (Å²) < 4.78 is 0. The first-order valence-corrected chi connectivity index (χ1v) is 20.8. The summed E-state index contributed by atoms with van der Waals surface area (Å²) in [5, 5.41) is 42.4. The fourth-order valence-electron chi connectivity index (χ4n) is 8.83. The molecule has 0 saturated carbocycles. The van der Waals surface area contributed by atoms with E-state index in [2.05, 4.69) is 82.8 Å².